The van der Waals surface area contributed by atoms with Crippen molar-refractivity contribution in [2.75, 3.05) is 0 Å². The van der Waals surface area contributed by atoms with E-state index in [1.54, 1.807) is 4.68 Å². The van der Waals surface area contributed by atoms with Crippen LogP contribution in [0.5, 0.6) is 0 Å². The topological polar surface area (TPSA) is 53.4 Å². The van der Waals surface area contributed by atoms with Crippen LogP contribution in [0.1, 0.15) is 49.9 Å². The van der Waals surface area contributed by atoms with E-state index >= 15 is 0 Å². The molecule has 0 aliphatic carbocycles. The monoisotopic (exact) mass is 388 g/mol. The van der Waals surface area contributed by atoms with Crippen LogP contribution in [0, 0.1) is 6.92 Å². The minimum absolute atomic E-state index is 0.0754. The number of aryl methyl sites for hydroxylation is 1. The summed E-state index contributed by atoms with van der Waals surface area (Å²) in [6.07, 6.45) is 3.46. The number of aromatic amines is 1. The Morgan fingerprint density at radius 1 is 0.966 bits per heavy atom. The quantitative estimate of drug-likeness (QED) is 0.670. The van der Waals surface area contributed by atoms with Crippen LogP contribution >= 0.6 is 0 Å². The zero-order valence-electron chi connectivity index (χ0n) is 17.3. The summed E-state index contributed by atoms with van der Waals surface area (Å²) in [6.45, 7) is 6.37. The normalized spacial score (nSPS) is 20.1. The number of piperidine rings is 1. The Labute approximate surface area is 171 Å². The first kappa shape index (κ1) is 19.2. The van der Waals surface area contributed by atoms with E-state index in [0.29, 0.717) is 17.6 Å². The number of nitrogens with one attached hydrogen (secondary N) is 1. The van der Waals surface area contributed by atoms with E-state index in [2.05, 4.69) is 24.0 Å². The lowest BCUT2D eigenvalue weighted by Gasteiger charge is -2.37. The molecule has 0 radical (unpaired) electrons. The molecule has 1 aliphatic rings. The summed E-state index contributed by atoms with van der Waals surface area (Å²) >= 11 is 0. The molecule has 1 fully saturated rings. The highest BCUT2D eigenvalue weighted by molar-refractivity contribution is 6.13. The van der Waals surface area contributed by atoms with E-state index in [1.807, 2.05) is 67.6 Å². The molecular weight excluding hydrogens is 360 g/mol. The highest BCUT2D eigenvalue weighted by Gasteiger charge is 2.26. The van der Waals surface area contributed by atoms with Crippen molar-refractivity contribution in [3.63, 3.8) is 0 Å². The molecule has 1 aromatic heterocycles. The summed E-state index contributed by atoms with van der Waals surface area (Å²) < 4.78 is 1.60. The van der Waals surface area contributed by atoms with Crippen molar-refractivity contribution >= 4 is 5.71 Å². The lowest BCUT2D eigenvalue weighted by Crippen LogP contribution is -2.41. The Kier molecular flexibility index (Phi) is 5.38. The minimum atomic E-state index is -0.0754. The summed E-state index contributed by atoms with van der Waals surface area (Å²) in [7, 11) is 0. The van der Waals surface area contributed by atoms with Crippen molar-refractivity contribution in [2.24, 2.45) is 5.10 Å². The number of H-pyrrole nitrogens is 1. The van der Waals surface area contributed by atoms with Gasteiger partial charge in [0.05, 0.1) is 11.3 Å². The molecule has 1 aliphatic heterocycles. The predicted octanol–water partition coefficient (Wildman–Crippen LogP) is 4.49. The minimum Gasteiger partial charge on any atom is -0.295 e. The molecule has 2 heterocycles. The Bertz CT molecular complexity index is 1040. The second-order valence-electron chi connectivity index (χ2n) is 7.91. The number of nitrogens with zero attached hydrogens (tertiary/aromatic N) is 3. The van der Waals surface area contributed by atoms with E-state index in [9.17, 15) is 4.79 Å². The smallest absolute Gasteiger partial charge is 0.281 e. The van der Waals surface area contributed by atoms with Crippen LogP contribution in [0.4, 0.5) is 0 Å². The van der Waals surface area contributed by atoms with Crippen LogP contribution in [0.15, 0.2) is 70.6 Å². The van der Waals surface area contributed by atoms with Crippen molar-refractivity contribution in [3.05, 3.63) is 87.8 Å². The lowest BCUT2D eigenvalue weighted by atomic mass is 9.99. The first-order valence-electron chi connectivity index (χ1n) is 10.4. The molecule has 1 saturated heterocycles. The predicted molar refractivity (Wildman–Crippen MR) is 118 cm³/mol. The molecule has 1 N–H and O–H groups in total. The van der Waals surface area contributed by atoms with Crippen molar-refractivity contribution < 1.29 is 0 Å². The summed E-state index contributed by atoms with van der Waals surface area (Å²) in [5.41, 5.74) is 3.88. The summed E-state index contributed by atoms with van der Waals surface area (Å²) in [5.74, 6) is 0. The zero-order valence-corrected chi connectivity index (χ0v) is 17.3. The fourth-order valence-corrected chi connectivity index (χ4v) is 4.15. The van der Waals surface area contributed by atoms with Gasteiger partial charge in [-0.05, 0) is 52.2 Å². The summed E-state index contributed by atoms with van der Waals surface area (Å²) in [5, 5.41) is 10.5. The average Bonchev–Trinajstić information content (AvgIpc) is 3.03. The third-order valence-electron chi connectivity index (χ3n) is 5.73. The van der Waals surface area contributed by atoms with Gasteiger partial charge in [-0.25, -0.2) is 4.68 Å². The molecule has 0 amide bonds. The molecule has 3 aromatic rings. The number of hydrazone groups is 1. The number of hydrogen-bond acceptors (Lipinski definition) is 3. The van der Waals surface area contributed by atoms with Crippen molar-refractivity contribution in [2.45, 2.75) is 52.1 Å². The SMILES string of the molecule is Cc1[nH]n(-c2ccccc2)c(=O)c1C(=NN1C(C)CCCC1C)c1ccccc1. The fourth-order valence-electron chi connectivity index (χ4n) is 4.15. The Morgan fingerprint density at radius 2 is 1.55 bits per heavy atom. The number of benzene rings is 2. The van der Waals surface area contributed by atoms with Gasteiger partial charge in [0.2, 0.25) is 0 Å². The molecule has 29 heavy (non-hydrogen) atoms. The van der Waals surface area contributed by atoms with Gasteiger partial charge in [0.15, 0.2) is 0 Å². The molecule has 0 bridgehead atoms. The van der Waals surface area contributed by atoms with Gasteiger partial charge < -0.3 is 0 Å². The first-order valence-corrected chi connectivity index (χ1v) is 10.4. The maximum Gasteiger partial charge on any atom is 0.281 e. The molecule has 0 saturated carbocycles. The first-order chi connectivity index (χ1) is 14.1. The summed E-state index contributed by atoms with van der Waals surface area (Å²) in [6, 6.07) is 20.4. The third kappa shape index (κ3) is 3.77. The van der Waals surface area contributed by atoms with E-state index in [4.69, 9.17) is 5.10 Å². The number of rotatable bonds is 4. The number of aromatic nitrogens is 2. The molecule has 0 spiro atoms. The van der Waals surface area contributed by atoms with Gasteiger partial charge in [-0.3, -0.25) is 14.9 Å². The van der Waals surface area contributed by atoms with Gasteiger partial charge in [-0.1, -0.05) is 48.5 Å². The molecule has 2 unspecified atom stereocenters. The van der Waals surface area contributed by atoms with E-state index in [1.165, 1.54) is 6.42 Å². The lowest BCUT2D eigenvalue weighted by molar-refractivity contribution is 0.109. The second-order valence-corrected chi connectivity index (χ2v) is 7.91. The van der Waals surface area contributed by atoms with E-state index in [0.717, 1.165) is 35.5 Å². The van der Waals surface area contributed by atoms with Crippen LogP contribution in [-0.4, -0.2) is 32.6 Å². The zero-order chi connectivity index (χ0) is 20.4. The van der Waals surface area contributed by atoms with E-state index in [-0.39, 0.29) is 5.56 Å². The molecule has 150 valence electrons. The van der Waals surface area contributed by atoms with Crippen molar-refractivity contribution in [1.82, 2.24) is 14.8 Å². The van der Waals surface area contributed by atoms with Gasteiger partial charge >= 0.3 is 0 Å². The van der Waals surface area contributed by atoms with Crippen LogP contribution in [0.3, 0.4) is 0 Å². The maximum atomic E-state index is 13.4. The van der Waals surface area contributed by atoms with Crippen LogP contribution in [-0.2, 0) is 0 Å². The molecule has 5 heteroatoms. The molecular formula is C24H28N4O. The second kappa shape index (κ2) is 8.11. The summed E-state index contributed by atoms with van der Waals surface area (Å²) in [4.78, 5) is 13.4. The van der Waals surface area contributed by atoms with Gasteiger partial charge in [0.25, 0.3) is 5.56 Å². The average molecular weight is 389 g/mol. The van der Waals surface area contributed by atoms with Gasteiger partial charge in [0.1, 0.15) is 5.71 Å². The highest BCUT2D eigenvalue weighted by Crippen LogP contribution is 2.24. The Balaban J connectivity index is 1.88. The van der Waals surface area contributed by atoms with Crippen LogP contribution in [0.25, 0.3) is 5.69 Å². The maximum absolute atomic E-state index is 13.4. The van der Waals surface area contributed by atoms with Crippen LogP contribution < -0.4 is 5.56 Å². The largest absolute Gasteiger partial charge is 0.295 e. The Morgan fingerprint density at radius 3 is 2.17 bits per heavy atom. The highest BCUT2D eigenvalue weighted by atomic mass is 16.1. The van der Waals surface area contributed by atoms with E-state index < -0.39 is 0 Å². The fraction of sp³-hybridized carbons (Fsp3) is 0.333. The van der Waals surface area contributed by atoms with Crippen LogP contribution in [0.2, 0.25) is 0 Å². The molecule has 4 rings (SSSR count). The van der Waals surface area contributed by atoms with Crippen molar-refractivity contribution in [1.29, 1.82) is 0 Å². The Hall–Kier alpha value is -3.08. The van der Waals surface area contributed by atoms with Crippen molar-refractivity contribution in [3.8, 4) is 5.69 Å². The molecule has 2 atom stereocenters. The van der Waals surface area contributed by atoms with Gasteiger partial charge in [0, 0.05) is 23.3 Å². The molecule has 2 aromatic carbocycles. The third-order valence-corrected chi connectivity index (χ3v) is 5.73. The van der Waals surface area contributed by atoms with Gasteiger partial charge in [-0.15, -0.1) is 0 Å². The molecule has 5 nitrogen and oxygen atoms in total. The number of para-hydroxylation sites is 1. The van der Waals surface area contributed by atoms with Gasteiger partial charge in [-0.2, -0.15) is 5.10 Å². The standard InChI is InChI=1S/C24H28N4O/c1-17-11-10-12-18(2)27(17)26-23(20-13-6-4-7-14-20)22-19(3)25-28(24(22)29)21-15-8-5-9-16-21/h4-9,13-18,25H,10-12H2,1-3H3. The number of hydrogen-bond donors (Lipinski definition) is 1.